The van der Waals surface area contributed by atoms with Gasteiger partial charge in [0.15, 0.2) is 5.13 Å². The molecule has 15 heteroatoms. The predicted molar refractivity (Wildman–Crippen MR) is 157 cm³/mol. The van der Waals surface area contributed by atoms with Crippen molar-refractivity contribution < 1.29 is 32.3 Å². The van der Waals surface area contributed by atoms with Crippen LogP contribution >= 0.6 is 11.3 Å². The standard InChI is InChI=1S/C29H33F4N7O3S/c1-18-4-2-7-40(18)17-23-26(19-12-20(29(31,32)33)14-21(30)13-19)36-28(44-23)37-27(43)22-15-35-24(16-34-22)39-10-8-38(9-11-39)6-3-5-25(41)42/h12-16,18H,2-11,17H2,1H3,(H,41,42)(H,36,37,43). The van der Waals surface area contributed by atoms with Gasteiger partial charge in [-0.3, -0.25) is 24.7 Å². The van der Waals surface area contributed by atoms with Crippen LogP contribution in [0, 0.1) is 5.82 Å². The molecule has 236 valence electrons. The maximum atomic E-state index is 14.3. The number of amides is 1. The highest BCUT2D eigenvalue weighted by molar-refractivity contribution is 7.16. The Balaban J connectivity index is 1.28. The number of piperazine rings is 1. The maximum Gasteiger partial charge on any atom is 0.416 e. The Kier molecular flexibility index (Phi) is 9.75. The number of alkyl halides is 3. The molecule has 2 aliphatic heterocycles. The van der Waals surface area contributed by atoms with Gasteiger partial charge in [0, 0.05) is 55.6 Å². The van der Waals surface area contributed by atoms with E-state index in [1.165, 1.54) is 12.4 Å². The number of carbonyl (C=O) groups excluding carboxylic acids is 1. The molecule has 1 atom stereocenters. The maximum absolute atomic E-state index is 14.3. The quantitative estimate of drug-likeness (QED) is 0.298. The molecule has 0 radical (unpaired) electrons. The number of nitrogens with one attached hydrogen (secondary N) is 1. The number of aliphatic carboxylic acids is 1. The number of carboxylic acids is 1. The van der Waals surface area contributed by atoms with Crippen LogP contribution < -0.4 is 10.2 Å². The Hall–Kier alpha value is -3.69. The van der Waals surface area contributed by atoms with Gasteiger partial charge in [0.2, 0.25) is 0 Å². The van der Waals surface area contributed by atoms with Gasteiger partial charge in [-0.1, -0.05) is 11.3 Å². The van der Waals surface area contributed by atoms with Crippen molar-refractivity contribution in [2.24, 2.45) is 0 Å². The van der Waals surface area contributed by atoms with E-state index in [1.54, 1.807) is 0 Å². The second-order valence-electron chi connectivity index (χ2n) is 11.0. The van der Waals surface area contributed by atoms with Crippen molar-refractivity contribution >= 4 is 34.2 Å². The van der Waals surface area contributed by atoms with Crippen molar-refractivity contribution in [2.75, 3.05) is 49.5 Å². The molecule has 1 amide bonds. The summed E-state index contributed by atoms with van der Waals surface area (Å²) in [5.41, 5.74) is -0.890. The van der Waals surface area contributed by atoms with Crippen molar-refractivity contribution in [2.45, 2.75) is 51.4 Å². The van der Waals surface area contributed by atoms with Gasteiger partial charge in [-0.25, -0.2) is 19.3 Å². The minimum atomic E-state index is -4.73. The molecule has 2 saturated heterocycles. The van der Waals surface area contributed by atoms with Crippen LogP contribution in [0.25, 0.3) is 11.3 Å². The molecule has 1 unspecified atom stereocenters. The summed E-state index contributed by atoms with van der Waals surface area (Å²) in [7, 11) is 0. The van der Waals surface area contributed by atoms with Gasteiger partial charge in [-0.2, -0.15) is 13.2 Å². The van der Waals surface area contributed by atoms with E-state index in [0.29, 0.717) is 49.4 Å². The number of rotatable bonds is 10. The Morgan fingerprint density at radius 3 is 2.50 bits per heavy atom. The zero-order valence-corrected chi connectivity index (χ0v) is 24.9. The molecule has 3 aromatic rings. The van der Waals surface area contributed by atoms with Crippen molar-refractivity contribution in [3.63, 3.8) is 0 Å². The number of likely N-dealkylation sites (tertiary alicyclic amines) is 1. The van der Waals surface area contributed by atoms with Crippen LogP contribution in [0.5, 0.6) is 0 Å². The molecule has 2 N–H and O–H groups in total. The smallest absolute Gasteiger partial charge is 0.416 e. The van der Waals surface area contributed by atoms with E-state index in [4.69, 9.17) is 5.11 Å². The first-order valence-electron chi connectivity index (χ1n) is 14.4. The Morgan fingerprint density at radius 1 is 1.09 bits per heavy atom. The topological polar surface area (TPSA) is 115 Å². The highest BCUT2D eigenvalue weighted by Crippen LogP contribution is 2.38. The van der Waals surface area contributed by atoms with E-state index < -0.39 is 29.4 Å². The zero-order valence-electron chi connectivity index (χ0n) is 24.1. The summed E-state index contributed by atoms with van der Waals surface area (Å²) < 4.78 is 54.7. The summed E-state index contributed by atoms with van der Waals surface area (Å²) in [5.74, 6) is -1.80. The average Bonchev–Trinajstić information content (AvgIpc) is 3.57. The zero-order chi connectivity index (χ0) is 31.4. The van der Waals surface area contributed by atoms with Gasteiger partial charge in [-0.05, 0) is 57.5 Å². The van der Waals surface area contributed by atoms with Crippen LogP contribution in [0.1, 0.15) is 53.5 Å². The molecule has 2 aromatic heterocycles. The van der Waals surface area contributed by atoms with E-state index in [9.17, 15) is 27.2 Å². The molecule has 0 saturated carbocycles. The molecule has 2 fully saturated rings. The molecule has 10 nitrogen and oxygen atoms in total. The van der Waals surface area contributed by atoms with Crippen LogP contribution in [-0.2, 0) is 17.5 Å². The summed E-state index contributed by atoms with van der Waals surface area (Å²) in [5, 5.41) is 11.7. The lowest BCUT2D eigenvalue weighted by atomic mass is 10.1. The average molecular weight is 636 g/mol. The number of hydrogen-bond donors (Lipinski definition) is 2. The summed E-state index contributed by atoms with van der Waals surface area (Å²) in [6.45, 7) is 6.89. The molecule has 5 rings (SSSR count). The molecule has 0 spiro atoms. The van der Waals surface area contributed by atoms with Gasteiger partial charge >= 0.3 is 12.1 Å². The van der Waals surface area contributed by atoms with E-state index >= 15 is 0 Å². The number of halogens is 4. The molecule has 2 aliphatic rings. The summed E-state index contributed by atoms with van der Waals surface area (Å²) >= 11 is 1.14. The minimum Gasteiger partial charge on any atom is -0.481 e. The highest BCUT2D eigenvalue weighted by atomic mass is 32.1. The molecule has 44 heavy (non-hydrogen) atoms. The number of carboxylic acid groups (broad SMARTS) is 1. The predicted octanol–water partition coefficient (Wildman–Crippen LogP) is 4.98. The Labute approximate surface area is 255 Å². The van der Waals surface area contributed by atoms with Crippen LogP contribution in [0.15, 0.2) is 30.6 Å². The first kappa shape index (κ1) is 31.7. The fraction of sp³-hybridized carbons (Fsp3) is 0.483. The number of aromatic nitrogens is 3. The van der Waals surface area contributed by atoms with Crippen LogP contribution in [0.2, 0.25) is 0 Å². The molecule has 1 aromatic carbocycles. The second-order valence-corrected chi connectivity index (χ2v) is 12.1. The third-order valence-corrected chi connectivity index (χ3v) is 8.84. The SMILES string of the molecule is CC1CCCN1Cc1sc(NC(=O)c2cnc(N3CCN(CCCC(=O)O)CC3)cn2)nc1-c1cc(F)cc(C(F)(F)F)c1. The Morgan fingerprint density at radius 2 is 1.86 bits per heavy atom. The second kappa shape index (κ2) is 13.5. The lowest BCUT2D eigenvalue weighted by Gasteiger charge is -2.35. The highest BCUT2D eigenvalue weighted by Gasteiger charge is 2.32. The largest absolute Gasteiger partial charge is 0.481 e. The first-order chi connectivity index (χ1) is 21.0. The number of thiazole rings is 1. The van der Waals surface area contributed by atoms with E-state index in [1.807, 2.05) is 4.90 Å². The van der Waals surface area contributed by atoms with E-state index in [2.05, 4.69) is 37.0 Å². The lowest BCUT2D eigenvalue weighted by Crippen LogP contribution is -2.47. The molecular weight excluding hydrogens is 602 g/mol. The van der Waals surface area contributed by atoms with Crippen molar-refractivity contribution in [3.8, 4) is 11.3 Å². The number of carbonyl (C=O) groups is 2. The monoisotopic (exact) mass is 635 g/mol. The van der Waals surface area contributed by atoms with Gasteiger partial charge in [0.05, 0.1) is 23.7 Å². The number of benzene rings is 1. The fourth-order valence-corrected chi connectivity index (χ4v) is 6.46. The van der Waals surface area contributed by atoms with Crippen LogP contribution in [0.4, 0.5) is 28.5 Å². The van der Waals surface area contributed by atoms with Crippen LogP contribution in [-0.4, -0.2) is 87.0 Å². The summed E-state index contributed by atoms with van der Waals surface area (Å²) in [4.78, 5) is 43.9. The van der Waals surface area contributed by atoms with Crippen LogP contribution in [0.3, 0.4) is 0 Å². The van der Waals surface area contributed by atoms with Gasteiger partial charge < -0.3 is 10.0 Å². The normalized spacial score (nSPS) is 18.1. The van der Waals surface area contributed by atoms with Gasteiger partial charge in [0.25, 0.3) is 5.91 Å². The third-order valence-electron chi connectivity index (χ3n) is 7.89. The van der Waals surface area contributed by atoms with Crippen molar-refractivity contribution in [1.29, 1.82) is 0 Å². The van der Waals surface area contributed by atoms with Gasteiger partial charge in [0.1, 0.15) is 17.3 Å². The first-order valence-corrected chi connectivity index (χ1v) is 15.2. The summed E-state index contributed by atoms with van der Waals surface area (Å²) in [6.07, 6.45) is 0.853. The lowest BCUT2D eigenvalue weighted by molar-refractivity contribution is -0.138. The molecule has 4 heterocycles. The number of hydrogen-bond acceptors (Lipinski definition) is 9. The molecule has 0 bridgehead atoms. The number of nitrogens with zero attached hydrogens (tertiary/aromatic N) is 6. The third kappa shape index (κ3) is 7.87. The molecule has 0 aliphatic carbocycles. The Bertz CT molecular complexity index is 1480. The van der Waals surface area contributed by atoms with Gasteiger partial charge in [-0.15, -0.1) is 0 Å². The number of anilines is 2. The fourth-order valence-electron chi connectivity index (χ4n) is 5.46. The molecular formula is C29H33F4N7O3S. The summed E-state index contributed by atoms with van der Waals surface area (Å²) in [6, 6.07) is 2.62. The van der Waals surface area contributed by atoms with E-state index in [-0.39, 0.29) is 34.5 Å². The van der Waals surface area contributed by atoms with Crippen molar-refractivity contribution in [1.82, 2.24) is 24.8 Å². The minimum absolute atomic E-state index is 0.0120. The van der Waals surface area contributed by atoms with E-state index in [0.717, 1.165) is 55.9 Å². The van der Waals surface area contributed by atoms with Crippen molar-refractivity contribution in [3.05, 3.63) is 52.5 Å².